The fraction of sp³-hybridized carbons (Fsp3) is 0.250. The maximum absolute atomic E-state index is 11.5. The first-order valence-corrected chi connectivity index (χ1v) is 5.05. The minimum Gasteiger partial charge on any atom is -0.479 e. The standard InChI is InChI=1S/C8H7Cl2N3O4/c9-5-1-3(6(10)13-12-5)7(15)11-2-4(14)8(16)17/h1,4,14H,2H2,(H,11,15)(H,16,17)/t4-/m0/s1. The Labute approximate surface area is 105 Å². The molecular weight excluding hydrogens is 273 g/mol. The minimum atomic E-state index is -1.69. The normalized spacial score (nSPS) is 11.9. The number of amides is 1. The zero-order chi connectivity index (χ0) is 13.0. The van der Waals surface area contributed by atoms with Gasteiger partial charge in [-0.1, -0.05) is 23.2 Å². The highest BCUT2D eigenvalue weighted by Gasteiger charge is 2.17. The molecule has 0 spiro atoms. The number of carbonyl (C=O) groups excluding carboxylic acids is 1. The summed E-state index contributed by atoms with van der Waals surface area (Å²) in [6.07, 6.45) is -1.69. The third-order valence-corrected chi connectivity index (χ3v) is 2.17. The molecule has 1 atom stereocenters. The van der Waals surface area contributed by atoms with Crippen molar-refractivity contribution >= 4 is 35.1 Å². The summed E-state index contributed by atoms with van der Waals surface area (Å²) in [6, 6.07) is 1.18. The Bertz CT molecular complexity index is 454. The molecule has 0 aliphatic heterocycles. The van der Waals surface area contributed by atoms with Crippen LogP contribution >= 0.6 is 23.2 Å². The average molecular weight is 280 g/mol. The van der Waals surface area contributed by atoms with E-state index in [2.05, 4.69) is 15.5 Å². The highest BCUT2D eigenvalue weighted by molar-refractivity contribution is 6.34. The lowest BCUT2D eigenvalue weighted by Crippen LogP contribution is -2.36. The molecule has 0 unspecified atom stereocenters. The number of halogens is 2. The summed E-state index contributed by atoms with van der Waals surface area (Å²) < 4.78 is 0. The van der Waals surface area contributed by atoms with Gasteiger partial charge < -0.3 is 15.5 Å². The number of hydrogen-bond donors (Lipinski definition) is 3. The summed E-state index contributed by atoms with van der Waals surface area (Å²) in [5, 5.41) is 26.1. The van der Waals surface area contributed by atoms with Crippen molar-refractivity contribution in [1.82, 2.24) is 15.5 Å². The molecule has 9 heteroatoms. The van der Waals surface area contributed by atoms with Crippen LogP contribution in [0, 0.1) is 0 Å². The number of nitrogens with one attached hydrogen (secondary N) is 1. The van der Waals surface area contributed by atoms with E-state index in [0.717, 1.165) is 0 Å². The molecule has 0 saturated heterocycles. The first kappa shape index (κ1) is 13.6. The van der Waals surface area contributed by atoms with Crippen LogP contribution in [0.25, 0.3) is 0 Å². The van der Waals surface area contributed by atoms with E-state index in [1.807, 2.05) is 0 Å². The van der Waals surface area contributed by atoms with Gasteiger partial charge in [0.2, 0.25) is 0 Å². The molecule has 0 aliphatic carbocycles. The van der Waals surface area contributed by atoms with Crippen LogP contribution in [-0.4, -0.2) is 44.9 Å². The van der Waals surface area contributed by atoms with Crippen LogP contribution in [0.3, 0.4) is 0 Å². The van der Waals surface area contributed by atoms with Gasteiger partial charge in [-0.3, -0.25) is 4.79 Å². The second-order valence-electron chi connectivity index (χ2n) is 2.94. The van der Waals surface area contributed by atoms with Gasteiger partial charge in [-0.25, -0.2) is 4.79 Å². The summed E-state index contributed by atoms with van der Waals surface area (Å²) in [6.45, 7) is -0.454. The topological polar surface area (TPSA) is 112 Å². The zero-order valence-corrected chi connectivity index (χ0v) is 9.73. The van der Waals surface area contributed by atoms with Crippen LogP contribution in [0.4, 0.5) is 0 Å². The predicted molar refractivity (Wildman–Crippen MR) is 58.0 cm³/mol. The molecule has 0 saturated carbocycles. The molecule has 1 heterocycles. The smallest absolute Gasteiger partial charge is 0.334 e. The Balaban J connectivity index is 2.70. The van der Waals surface area contributed by atoms with Crippen molar-refractivity contribution in [1.29, 1.82) is 0 Å². The van der Waals surface area contributed by atoms with Gasteiger partial charge in [-0.2, -0.15) is 0 Å². The van der Waals surface area contributed by atoms with Crippen molar-refractivity contribution in [3.63, 3.8) is 0 Å². The second-order valence-corrected chi connectivity index (χ2v) is 3.68. The summed E-state index contributed by atoms with van der Waals surface area (Å²) in [5.41, 5.74) is -0.0516. The molecule has 17 heavy (non-hydrogen) atoms. The molecule has 1 amide bonds. The fourth-order valence-corrected chi connectivity index (χ4v) is 1.21. The first-order valence-electron chi connectivity index (χ1n) is 4.29. The fourth-order valence-electron chi connectivity index (χ4n) is 0.884. The quantitative estimate of drug-likeness (QED) is 0.713. The Morgan fingerprint density at radius 2 is 2.06 bits per heavy atom. The Morgan fingerprint density at radius 3 is 2.65 bits per heavy atom. The molecular formula is C8H7Cl2N3O4. The molecule has 0 fully saturated rings. The van der Waals surface area contributed by atoms with E-state index in [9.17, 15) is 9.59 Å². The van der Waals surface area contributed by atoms with Gasteiger partial charge in [-0.05, 0) is 6.07 Å². The maximum Gasteiger partial charge on any atom is 0.334 e. The van der Waals surface area contributed by atoms with E-state index >= 15 is 0 Å². The van der Waals surface area contributed by atoms with Crippen molar-refractivity contribution in [3.05, 3.63) is 21.9 Å². The van der Waals surface area contributed by atoms with Gasteiger partial charge in [0.15, 0.2) is 16.4 Å². The van der Waals surface area contributed by atoms with Crippen molar-refractivity contribution in [2.45, 2.75) is 6.10 Å². The number of carbonyl (C=O) groups is 2. The van der Waals surface area contributed by atoms with Gasteiger partial charge in [0.05, 0.1) is 12.1 Å². The van der Waals surface area contributed by atoms with Gasteiger partial charge in [0.25, 0.3) is 5.91 Å². The van der Waals surface area contributed by atoms with Gasteiger partial charge in [-0.15, -0.1) is 10.2 Å². The lowest BCUT2D eigenvalue weighted by atomic mass is 10.3. The molecule has 1 aromatic heterocycles. The van der Waals surface area contributed by atoms with E-state index in [4.69, 9.17) is 33.4 Å². The van der Waals surface area contributed by atoms with Gasteiger partial charge in [0, 0.05) is 0 Å². The molecule has 0 bridgehead atoms. The Hall–Kier alpha value is -1.44. The van der Waals surface area contributed by atoms with Gasteiger partial charge in [0.1, 0.15) is 0 Å². The number of aliphatic carboxylic acids is 1. The molecule has 7 nitrogen and oxygen atoms in total. The minimum absolute atomic E-state index is 0.0293. The largest absolute Gasteiger partial charge is 0.479 e. The van der Waals surface area contributed by atoms with Crippen LogP contribution in [-0.2, 0) is 4.79 Å². The molecule has 0 aliphatic rings. The van der Waals surface area contributed by atoms with E-state index in [1.54, 1.807) is 0 Å². The Morgan fingerprint density at radius 1 is 1.41 bits per heavy atom. The highest BCUT2D eigenvalue weighted by atomic mass is 35.5. The molecule has 1 aromatic rings. The SMILES string of the molecule is O=C(NC[C@H](O)C(=O)O)c1cc(Cl)nnc1Cl. The number of hydrogen-bond acceptors (Lipinski definition) is 5. The first-order chi connectivity index (χ1) is 7.91. The molecule has 1 rings (SSSR count). The predicted octanol–water partition coefficient (Wildman–Crippen LogP) is -0.0413. The number of aromatic nitrogens is 2. The molecule has 0 radical (unpaired) electrons. The molecule has 3 N–H and O–H groups in total. The van der Waals surface area contributed by atoms with E-state index in [1.165, 1.54) is 6.07 Å². The molecule has 0 aromatic carbocycles. The number of aliphatic hydroxyl groups is 1. The van der Waals surface area contributed by atoms with E-state index < -0.39 is 24.5 Å². The van der Waals surface area contributed by atoms with Crippen LogP contribution in [0.1, 0.15) is 10.4 Å². The number of carboxylic acids is 1. The summed E-state index contributed by atoms with van der Waals surface area (Å²) in [7, 11) is 0. The summed E-state index contributed by atoms with van der Waals surface area (Å²) in [5.74, 6) is -2.14. The maximum atomic E-state index is 11.5. The third-order valence-electron chi connectivity index (χ3n) is 1.70. The monoisotopic (exact) mass is 279 g/mol. The number of carboxylic acid groups (broad SMARTS) is 1. The van der Waals surface area contributed by atoms with E-state index in [-0.39, 0.29) is 15.9 Å². The van der Waals surface area contributed by atoms with Crippen molar-refractivity contribution in [3.8, 4) is 0 Å². The number of aliphatic hydroxyl groups excluding tert-OH is 1. The van der Waals surface area contributed by atoms with Crippen LogP contribution in [0.5, 0.6) is 0 Å². The summed E-state index contributed by atoms with van der Waals surface area (Å²) in [4.78, 5) is 21.8. The van der Waals surface area contributed by atoms with Crippen LogP contribution < -0.4 is 5.32 Å². The lowest BCUT2D eigenvalue weighted by molar-refractivity contribution is -0.146. The third kappa shape index (κ3) is 3.81. The summed E-state index contributed by atoms with van der Waals surface area (Å²) >= 11 is 11.1. The highest BCUT2D eigenvalue weighted by Crippen LogP contribution is 2.14. The van der Waals surface area contributed by atoms with Crippen LogP contribution in [0.2, 0.25) is 10.3 Å². The van der Waals surface area contributed by atoms with Gasteiger partial charge >= 0.3 is 5.97 Å². The van der Waals surface area contributed by atoms with Crippen molar-refractivity contribution in [2.24, 2.45) is 0 Å². The number of rotatable bonds is 4. The number of nitrogens with zero attached hydrogens (tertiary/aromatic N) is 2. The zero-order valence-electron chi connectivity index (χ0n) is 8.22. The second kappa shape index (κ2) is 5.76. The van der Waals surface area contributed by atoms with Crippen molar-refractivity contribution < 1.29 is 19.8 Å². The Kier molecular flexibility index (Phi) is 4.62. The van der Waals surface area contributed by atoms with E-state index in [0.29, 0.717) is 0 Å². The molecule has 92 valence electrons. The van der Waals surface area contributed by atoms with Crippen molar-refractivity contribution in [2.75, 3.05) is 6.54 Å². The average Bonchev–Trinajstić information content (AvgIpc) is 2.28. The van der Waals surface area contributed by atoms with Crippen LogP contribution in [0.15, 0.2) is 6.07 Å². The lowest BCUT2D eigenvalue weighted by Gasteiger charge is -2.08.